The first-order valence-electron chi connectivity index (χ1n) is 8.07. The van der Waals surface area contributed by atoms with Gasteiger partial charge in [0, 0.05) is 17.4 Å². The molecule has 0 saturated carbocycles. The Bertz CT molecular complexity index is 975. The van der Waals surface area contributed by atoms with Gasteiger partial charge in [-0.05, 0) is 42.5 Å². The third-order valence-electron chi connectivity index (χ3n) is 3.71. The van der Waals surface area contributed by atoms with Gasteiger partial charge in [0.25, 0.3) is 5.91 Å². The maximum Gasteiger partial charge on any atom is 0.416 e. The number of nitrogens with zero attached hydrogens (tertiary/aromatic N) is 2. The van der Waals surface area contributed by atoms with E-state index in [1.807, 2.05) is 0 Å². The number of methoxy groups -OCH3 is 1. The van der Waals surface area contributed by atoms with Crippen molar-refractivity contribution in [1.82, 2.24) is 9.97 Å². The fraction of sp³-hybridized carbons (Fsp3) is 0.105. The Balaban J connectivity index is 1.73. The van der Waals surface area contributed by atoms with Crippen molar-refractivity contribution >= 4 is 23.1 Å². The van der Waals surface area contributed by atoms with E-state index in [-0.39, 0.29) is 11.4 Å². The lowest BCUT2D eigenvalue weighted by molar-refractivity contribution is -0.137. The molecule has 2 aromatic carbocycles. The van der Waals surface area contributed by atoms with Crippen LogP contribution in [0.2, 0.25) is 0 Å². The molecular weight excluding hydrogens is 373 g/mol. The lowest BCUT2D eigenvalue weighted by atomic mass is 10.2. The van der Waals surface area contributed by atoms with Gasteiger partial charge in [-0.3, -0.25) is 4.79 Å². The predicted molar refractivity (Wildman–Crippen MR) is 97.7 cm³/mol. The second kappa shape index (κ2) is 7.95. The van der Waals surface area contributed by atoms with E-state index in [1.54, 1.807) is 31.4 Å². The molecule has 1 heterocycles. The maximum absolute atomic E-state index is 12.8. The Morgan fingerprint density at radius 3 is 2.43 bits per heavy atom. The van der Waals surface area contributed by atoms with E-state index < -0.39 is 17.6 Å². The summed E-state index contributed by atoms with van der Waals surface area (Å²) in [5.41, 5.74) is -0.120. The number of amides is 1. The summed E-state index contributed by atoms with van der Waals surface area (Å²) in [5, 5.41) is 5.41. The van der Waals surface area contributed by atoms with E-state index in [4.69, 9.17) is 4.74 Å². The Morgan fingerprint density at radius 1 is 1.00 bits per heavy atom. The van der Waals surface area contributed by atoms with E-state index in [0.29, 0.717) is 17.3 Å². The number of anilines is 3. The number of hydrogen-bond donors (Lipinski definition) is 2. The molecule has 0 aliphatic rings. The number of ether oxygens (including phenoxy) is 1. The molecule has 0 radical (unpaired) electrons. The number of carbonyl (C=O) groups is 1. The summed E-state index contributed by atoms with van der Waals surface area (Å²) in [6.07, 6.45) is -3.31. The zero-order chi connectivity index (χ0) is 20.1. The molecular formula is C19H15F3N4O2. The second-order valence-electron chi connectivity index (χ2n) is 5.67. The standard InChI is InChI=1S/C19H15F3N4O2/c1-28-15-7-5-13(6-8-15)25-17-10-16(23-11-24-17)18(27)26-14-4-2-3-12(9-14)19(20,21)22/h2-11H,1H3,(H,26,27)(H,23,24,25). The quantitative estimate of drug-likeness (QED) is 0.673. The molecule has 0 saturated heterocycles. The molecule has 0 fully saturated rings. The SMILES string of the molecule is COc1ccc(Nc2cc(C(=O)Nc3cccc(C(F)(F)F)c3)ncn2)cc1. The maximum atomic E-state index is 12.8. The number of benzene rings is 2. The summed E-state index contributed by atoms with van der Waals surface area (Å²) >= 11 is 0. The Morgan fingerprint density at radius 2 is 1.75 bits per heavy atom. The van der Waals surface area contributed by atoms with Crippen LogP contribution in [-0.2, 0) is 6.18 Å². The molecule has 1 amide bonds. The highest BCUT2D eigenvalue weighted by Gasteiger charge is 2.30. The van der Waals surface area contributed by atoms with Crippen molar-refractivity contribution in [1.29, 1.82) is 0 Å². The van der Waals surface area contributed by atoms with Gasteiger partial charge in [-0.1, -0.05) is 6.07 Å². The van der Waals surface area contributed by atoms with Crippen molar-refractivity contribution < 1.29 is 22.7 Å². The van der Waals surface area contributed by atoms with Crippen LogP contribution in [0.3, 0.4) is 0 Å². The summed E-state index contributed by atoms with van der Waals surface area (Å²) < 4.78 is 43.4. The Labute approximate surface area is 158 Å². The molecule has 9 heteroatoms. The third-order valence-corrected chi connectivity index (χ3v) is 3.71. The van der Waals surface area contributed by atoms with Crippen LogP contribution in [0.5, 0.6) is 5.75 Å². The van der Waals surface area contributed by atoms with Gasteiger partial charge < -0.3 is 15.4 Å². The molecule has 1 aromatic heterocycles. The molecule has 2 N–H and O–H groups in total. The van der Waals surface area contributed by atoms with Gasteiger partial charge in [0.1, 0.15) is 23.6 Å². The van der Waals surface area contributed by atoms with Crippen molar-refractivity contribution in [3.8, 4) is 5.75 Å². The van der Waals surface area contributed by atoms with E-state index in [9.17, 15) is 18.0 Å². The first-order valence-corrected chi connectivity index (χ1v) is 8.07. The second-order valence-corrected chi connectivity index (χ2v) is 5.67. The molecule has 3 rings (SSSR count). The van der Waals surface area contributed by atoms with Crippen LogP contribution in [0.1, 0.15) is 16.1 Å². The molecule has 0 aliphatic heterocycles. The highest BCUT2D eigenvalue weighted by atomic mass is 19.4. The molecule has 0 spiro atoms. The van der Waals surface area contributed by atoms with Crippen LogP contribution in [0, 0.1) is 0 Å². The minimum absolute atomic E-state index is 0.00317. The zero-order valence-corrected chi connectivity index (χ0v) is 14.6. The monoisotopic (exact) mass is 388 g/mol. The van der Waals surface area contributed by atoms with Gasteiger partial charge in [0.05, 0.1) is 12.7 Å². The normalized spacial score (nSPS) is 11.0. The summed E-state index contributed by atoms with van der Waals surface area (Å²) in [4.78, 5) is 20.2. The number of hydrogen-bond acceptors (Lipinski definition) is 5. The summed E-state index contributed by atoms with van der Waals surface area (Å²) in [6, 6.07) is 12.8. The third kappa shape index (κ3) is 4.76. The summed E-state index contributed by atoms with van der Waals surface area (Å²) in [6.45, 7) is 0. The van der Waals surface area contributed by atoms with Crippen molar-refractivity contribution in [2.45, 2.75) is 6.18 Å². The van der Waals surface area contributed by atoms with Gasteiger partial charge in [0.2, 0.25) is 0 Å². The highest BCUT2D eigenvalue weighted by molar-refractivity contribution is 6.03. The number of nitrogens with one attached hydrogen (secondary N) is 2. The average Bonchev–Trinajstić information content (AvgIpc) is 2.68. The zero-order valence-electron chi connectivity index (χ0n) is 14.6. The lowest BCUT2D eigenvalue weighted by Gasteiger charge is -2.10. The predicted octanol–water partition coefficient (Wildman–Crippen LogP) is 4.50. The smallest absolute Gasteiger partial charge is 0.416 e. The Kier molecular flexibility index (Phi) is 5.44. The van der Waals surface area contributed by atoms with Crippen LogP contribution < -0.4 is 15.4 Å². The van der Waals surface area contributed by atoms with Gasteiger partial charge in [0.15, 0.2) is 0 Å². The van der Waals surface area contributed by atoms with Crippen LogP contribution in [-0.4, -0.2) is 23.0 Å². The topological polar surface area (TPSA) is 76.1 Å². The average molecular weight is 388 g/mol. The van der Waals surface area contributed by atoms with Gasteiger partial charge >= 0.3 is 6.18 Å². The van der Waals surface area contributed by atoms with Crippen molar-refractivity contribution in [3.63, 3.8) is 0 Å². The Hall–Kier alpha value is -3.62. The van der Waals surface area contributed by atoms with Crippen LogP contribution >= 0.6 is 0 Å². The number of aromatic nitrogens is 2. The van der Waals surface area contributed by atoms with Crippen molar-refractivity contribution in [2.24, 2.45) is 0 Å². The molecule has 0 bridgehead atoms. The molecule has 144 valence electrons. The number of carbonyl (C=O) groups excluding carboxylic acids is 1. The number of alkyl halides is 3. The largest absolute Gasteiger partial charge is 0.497 e. The lowest BCUT2D eigenvalue weighted by Crippen LogP contribution is -2.15. The molecule has 28 heavy (non-hydrogen) atoms. The first kappa shape index (κ1) is 19.2. The molecule has 3 aromatic rings. The molecule has 0 aliphatic carbocycles. The van der Waals surface area contributed by atoms with Gasteiger partial charge in [-0.2, -0.15) is 13.2 Å². The fourth-order valence-electron chi connectivity index (χ4n) is 2.34. The molecule has 6 nitrogen and oxygen atoms in total. The van der Waals surface area contributed by atoms with Crippen LogP contribution in [0.15, 0.2) is 60.9 Å². The fourth-order valence-corrected chi connectivity index (χ4v) is 2.34. The number of halogens is 3. The van der Waals surface area contributed by atoms with Gasteiger partial charge in [-0.15, -0.1) is 0 Å². The molecule has 0 atom stereocenters. The summed E-state index contributed by atoms with van der Waals surface area (Å²) in [7, 11) is 1.56. The van der Waals surface area contributed by atoms with Crippen LogP contribution in [0.25, 0.3) is 0 Å². The van der Waals surface area contributed by atoms with Crippen molar-refractivity contribution in [3.05, 3.63) is 72.2 Å². The highest BCUT2D eigenvalue weighted by Crippen LogP contribution is 2.30. The molecule has 0 unspecified atom stereocenters. The van der Waals surface area contributed by atoms with E-state index in [1.165, 1.54) is 24.5 Å². The number of rotatable bonds is 5. The minimum atomic E-state index is -4.49. The first-order chi connectivity index (χ1) is 13.3. The summed E-state index contributed by atoms with van der Waals surface area (Å²) in [5.74, 6) is 0.392. The minimum Gasteiger partial charge on any atom is -0.497 e. The van der Waals surface area contributed by atoms with E-state index in [2.05, 4.69) is 20.6 Å². The van der Waals surface area contributed by atoms with E-state index >= 15 is 0 Å². The van der Waals surface area contributed by atoms with Crippen LogP contribution in [0.4, 0.5) is 30.4 Å². The van der Waals surface area contributed by atoms with Gasteiger partial charge in [-0.25, -0.2) is 9.97 Å². The van der Waals surface area contributed by atoms with E-state index in [0.717, 1.165) is 12.1 Å². The van der Waals surface area contributed by atoms with Crippen molar-refractivity contribution in [2.75, 3.05) is 17.7 Å².